The molecule has 10 heteroatoms. The lowest BCUT2D eigenvalue weighted by Gasteiger charge is -2.42. The molecule has 0 spiro atoms. The Morgan fingerprint density at radius 3 is 2.71 bits per heavy atom. The van der Waals surface area contributed by atoms with Gasteiger partial charge in [0.1, 0.15) is 22.9 Å². The van der Waals surface area contributed by atoms with E-state index in [1.165, 1.54) is 0 Å². The van der Waals surface area contributed by atoms with Crippen molar-refractivity contribution in [3.05, 3.63) is 59.8 Å². The van der Waals surface area contributed by atoms with Gasteiger partial charge >= 0.3 is 0 Å². The number of piperidine rings is 1. The van der Waals surface area contributed by atoms with Crippen molar-refractivity contribution in [2.75, 3.05) is 39.1 Å². The standard InChI is InChI=1S/C28H33N7O3/c1-28(16-38-17-28)27(37)34-12-3-4-20(15-34)26-33-23(24-25(30)32-11-13-35(24)26)19-7-5-18(6-8-19)22(36)14-21(29)9-10-31-2/h5-11,13,20H,3-4,12,14-17,29H2,1-2H3,(H2,30,32)/t20-/m1/s1. The van der Waals surface area contributed by atoms with Crippen LogP contribution in [0.15, 0.2) is 53.4 Å². The molecule has 0 unspecified atom stereocenters. The Morgan fingerprint density at radius 1 is 1.26 bits per heavy atom. The predicted octanol–water partition coefficient (Wildman–Crippen LogP) is 2.84. The van der Waals surface area contributed by atoms with Crippen LogP contribution in [0.25, 0.3) is 16.8 Å². The number of fused-ring (bicyclic) bond motifs is 1. The van der Waals surface area contributed by atoms with Crippen LogP contribution in [0, 0.1) is 5.41 Å². The molecule has 4 N–H and O–H groups in total. The lowest BCUT2D eigenvalue weighted by molar-refractivity contribution is -0.169. The van der Waals surface area contributed by atoms with Crippen molar-refractivity contribution in [1.82, 2.24) is 19.3 Å². The first-order valence-electron chi connectivity index (χ1n) is 12.8. The highest BCUT2D eigenvalue weighted by molar-refractivity contribution is 5.98. The van der Waals surface area contributed by atoms with Crippen molar-refractivity contribution in [2.45, 2.75) is 32.1 Å². The number of aromatic nitrogens is 3. The number of rotatable bonds is 7. The number of benzene rings is 1. The molecule has 0 bridgehead atoms. The summed E-state index contributed by atoms with van der Waals surface area (Å²) >= 11 is 0. The molecule has 2 aromatic heterocycles. The van der Waals surface area contributed by atoms with E-state index in [2.05, 4.69) is 9.98 Å². The van der Waals surface area contributed by atoms with Gasteiger partial charge in [-0.25, -0.2) is 9.97 Å². The number of carbonyl (C=O) groups is 2. The summed E-state index contributed by atoms with van der Waals surface area (Å²) in [6.45, 7) is 4.25. The van der Waals surface area contributed by atoms with E-state index in [1.54, 1.807) is 37.7 Å². The largest absolute Gasteiger partial charge is 0.402 e. The molecule has 5 rings (SSSR count). The van der Waals surface area contributed by atoms with E-state index < -0.39 is 5.41 Å². The summed E-state index contributed by atoms with van der Waals surface area (Å²) in [6.07, 6.45) is 8.66. The van der Waals surface area contributed by atoms with Crippen LogP contribution in [0.3, 0.4) is 0 Å². The molecule has 38 heavy (non-hydrogen) atoms. The molecule has 1 aromatic carbocycles. The molecule has 0 radical (unpaired) electrons. The maximum absolute atomic E-state index is 13.2. The van der Waals surface area contributed by atoms with Crippen molar-refractivity contribution in [1.29, 1.82) is 0 Å². The zero-order valence-electron chi connectivity index (χ0n) is 21.8. The summed E-state index contributed by atoms with van der Waals surface area (Å²) < 4.78 is 7.31. The van der Waals surface area contributed by atoms with Gasteiger partial charge in [-0.1, -0.05) is 24.3 Å². The SMILES string of the molecule is CN=CC=C(N)CC(=O)c1ccc(-c2nc([C@@H]3CCCN(C(=O)C4(C)COC4)C3)n3ccnc(N)c23)cc1. The van der Waals surface area contributed by atoms with E-state index in [1.807, 2.05) is 34.6 Å². The second kappa shape index (κ2) is 10.4. The molecule has 2 aliphatic rings. The minimum absolute atomic E-state index is 0.0580. The minimum Gasteiger partial charge on any atom is -0.402 e. The van der Waals surface area contributed by atoms with Crippen LogP contribution in [-0.4, -0.2) is 70.5 Å². The van der Waals surface area contributed by atoms with E-state index in [9.17, 15) is 9.59 Å². The van der Waals surface area contributed by atoms with Crippen molar-refractivity contribution in [3.8, 4) is 11.3 Å². The maximum atomic E-state index is 13.2. The number of ether oxygens (including phenoxy) is 1. The van der Waals surface area contributed by atoms with Crippen LogP contribution in [0.5, 0.6) is 0 Å². The van der Waals surface area contributed by atoms with Gasteiger partial charge in [0.2, 0.25) is 5.91 Å². The average Bonchev–Trinajstić information content (AvgIpc) is 3.31. The number of nitrogens with zero attached hydrogens (tertiary/aromatic N) is 5. The number of imidazole rings is 1. The number of anilines is 1. The highest BCUT2D eigenvalue weighted by atomic mass is 16.5. The fraction of sp³-hybridized carbons (Fsp3) is 0.393. The van der Waals surface area contributed by atoms with Gasteiger partial charge in [0.05, 0.1) is 25.0 Å². The molecule has 1 amide bonds. The summed E-state index contributed by atoms with van der Waals surface area (Å²) in [6, 6.07) is 7.29. The molecule has 1 atom stereocenters. The van der Waals surface area contributed by atoms with E-state index in [0.29, 0.717) is 42.5 Å². The normalized spacial score (nSPS) is 19.6. The van der Waals surface area contributed by atoms with Crippen molar-refractivity contribution >= 4 is 29.2 Å². The molecule has 2 fully saturated rings. The summed E-state index contributed by atoms with van der Waals surface area (Å²) in [5.41, 5.74) is 15.1. The first-order chi connectivity index (χ1) is 18.3. The van der Waals surface area contributed by atoms with Crippen molar-refractivity contribution in [2.24, 2.45) is 16.1 Å². The van der Waals surface area contributed by atoms with Crippen LogP contribution in [0.4, 0.5) is 5.82 Å². The number of nitrogen functional groups attached to an aromatic ring is 1. The van der Waals surface area contributed by atoms with Crippen LogP contribution in [0.2, 0.25) is 0 Å². The second-order valence-electron chi connectivity index (χ2n) is 10.3. The number of likely N-dealkylation sites (tertiary alicyclic amines) is 1. The highest BCUT2D eigenvalue weighted by Crippen LogP contribution is 2.36. The summed E-state index contributed by atoms with van der Waals surface area (Å²) in [7, 11) is 1.65. The maximum Gasteiger partial charge on any atom is 0.233 e. The second-order valence-corrected chi connectivity index (χ2v) is 10.3. The third-order valence-corrected chi connectivity index (χ3v) is 7.32. The number of ketones is 1. The zero-order valence-corrected chi connectivity index (χ0v) is 21.8. The van der Waals surface area contributed by atoms with E-state index in [0.717, 1.165) is 36.3 Å². The Kier molecular flexibility index (Phi) is 6.98. The number of amides is 1. The topological polar surface area (TPSA) is 141 Å². The monoisotopic (exact) mass is 515 g/mol. The number of hydrogen-bond donors (Lipinski definition) is 2. The number of hydrogen-bond acceptors (Lipinski definition) is 8. The summed E-state index contributed by atoms with van der Waals surface area (Å²) in [5.74, 6) is 1.35. The van der Waals surface area contributed by atoms with Gasteiger partial charge in [-0.05, 0) is 25.8 Å². The fourth-order valence-corrected chi connectivity index (χ4v) is 5.19. The molecule has 4 heterocycles. The number of carbonyl (C=O) groups excluding carboxylic acids is 2. The average molecular weight is 516 g/mol. The molecular weight excluding hydrogens is 482 g/mol. The fourth-order valence-electron chi connectivity index (χ4n) is 5.19. The highest BCUT2D eigenvalue weighted by Gasteiger charge is 2.44. The van der Waals surface area contributed by atoms with Crippen LogP contribution in [-0.2, 0) is 9.53 Å². The number of allylic oxidation sites excluding steroid dienone is 2. The minimum atomic E-state index is -0.431. The van der Waals surface area contributed by atoms with Crippen molar-refractivity contribution in [3.63, 3.8) is 0 Å². The Morgan fingerprint density at radius 2 is 2.03 bits per heavy atom. The van der Waals surface area contributed by atoms with Gasteiger partial charge in [-0.2, -0.15) is 0 Å². The molecule has 2 saturated heterocycles. The third-order valence-electron chi connectivity index (χ3n) is 7.32. The number of nitrogens with two attached hydrogens (primary N) is 2. The van der Waals surface area contributed by atoms with Gasteiger partial charge in [-0.15, -0.1) is 0 Å². The van der Waals surface area contributed by atoms with E-state index in [-0.39, 0.29) is 24.0 Å². The molecule has 198 valence electrons. The Hall–Kier alpha value is -4.05. The summed E-state index contributed by atoms with van der Waals surface area (Å²) in [5, 5.41) is 0. The van der Waals surface area contributed by atoms with Crippen LogP contribution < -0.4 is 11.5 Å². The predicted molar refractivity (Wildman–Crippen MR) is 146 cm³/mol. The molecule has 10 nitrogen and oxygen atoms in total. The van der Waals surface area contributed by atoms with Gasteiger partial charge in [0.25, 0.3) is 0 Å². The van der Waals surface area contributed by atoms with Gasteiger partial charge in [0.15, 0.2) is 5.78 Å². The van der Waals surface area contributed by atoms with Gasteiger partial charge in [-0.3, -0.25) is 19.0 Å². The lowest BCUT2D eigenvalue weighted by Crippen LogP contribution is -2.55. The Labute approximate surface area is 221 Å². The molecule has 2 aliphatic heterocycles. The lowest BCUT2D eigenvalue weighted by atomic mass is 9.85. The zero-order chi connectivity index (χ0) is 26.9. The molecule has 0 aliphatic carbocycles. The summed E-state index contributed by atoms with van der Waals surface area (Å²) in [4.78, 5) is 41.0. The number of aliphatic imine (C=N–C) groups is 1. The van der Waals surface area contributed by atoms with Gasteiger partial charge < -0.3 is 21.1 Å². The Bertz CT molecular complexity index is 1420. The molecule has 0 saturated carbocycles. The quantitative estimate of drug-likeness (QED) is 0.364. The molecule has 3 aromatic rings. The number of Topliss-reactive ketones (excluding diaryl/α,β-unsaturated/α-hetero) is 1. The van der Waals surface area contributed by atoms with Crippen molar-refractivity contribution < 1.29 is 14.3 Å². The Balaban J connectivity index is 1.43. The first-order valence-corrected chi connectivity index (χ1v) is 12.8. The van der Waals surface area contributed by atoms with Gasteiger partial charge in [0, 0.05) is 61.5 Å². The van der Waals surface area contributed by atoms with Crippen LogP contribution >= 0.6 is 0 Å². The van der Waals surface area contributed by atoms with E-state index >= 15 is 0 Å². The third kappa shape index (κ3) is 4.79. The van der Waals surface area contributed by atoms with Crippen LogP contribution in [0.1, 0.15) is 48.3 Å². The van der Waals surface area contributed by atoms with E-state index in [4.69, 9.17) is 21.2 Å². The molecular formula is C28H33N7O3. The first kappa shape index (κ1) is 25.6. The smallest absolute Gasteiger partial charge is 0.233 e.